The molecule has 1 rings (SSSR count). The zero-order valence-corrected chi connectivity index (χ0v) is 7.75. The Morgan fingerprint density at radius 3 is 2.54 bits per heavy atom. The molecule has 0 heterocycles. The van der Waals surface area contributed by atoms with Crippen LogP contribution in [-0.2, 0) is 0 Å². The van der Waals surface area contributed by atoms with Crippen LogP contribution in [-0.4, -0.2) is 0 Å². The minimum absolute atomic E-state index is 0.744. The van der Waals surface area contributed by atoms with Gasteiger partial charge in [-0.3, -0.25) is 0 Å². The molecular weight excluding hydrogens is 160 g/mol. The maximum atomic E-state index is 5.51. The second-order valence-corrected chi connectivity index (χ2v) is 2.90. The quantitative estimate of drug-likeness (QED) is 0.691. The van der Waals surface area contributed by atoms with E-state index in [4.69, 9.17) is 5.73 Å². The second-order valence-electron chi connectivity index (χ2n) is 2.90. The average molecular weight is 174 g/mol. The number of hydrogen-bond donors (Lipinski definition) is 2. The van der Waals surface area contributed by atoms with Gasteiger partial charge in [0.05, 0.1) is 0 Å². The lowest BCUT2D eigenvalue weighted by Crippen LogP contribution is -1.98. The van der Waals surface area contributed by atoms with E-state index in [2.05, 4.69) is 11.9 Å². The summed E-state index contributed by atoms with van der Waals surface area (Å²) < 4.78 is 0. The number of rotatable bonds is 3. The zero-order chi connectivity index (χ0) is 9.68. The fraction of sp³-hybridized carbons (Fsp3) is 0.0909. The largest absolute Gasteiger partial charge is 0.402 e. The van der Waals surface area contributed by atoms with Gasteiger partial charge in [0.1, 0.15) is 0 Å². The van der Waals surface area contributed by atoms with Gasteiger partial charge in [0, 0.05) is 17.1 Å². The predicted octanol–water partition coefficient (Wildman–Crippen LogP) is 2.47. The summed E-state index contributed by atoms with van der Waals surface area (Å²) in [4.78, 5) is 0. The fourth-order valence-electron chi connectivity index (χ4n) is 1.02. The third kappa shape index (κ3) is 3.47. The Balaban J connectivity index is 2.61. The topological polar surface area (TPSA) is 38.0 Å². The Morgan fingerprint density at radius 2 is 2.00 bits per heavy atom. The van der Waals surface area contributed by atoms with Gasteiger partial charge in [0.15, 0.2) is 0 Å². The lowest BCUT2D eigenvalue weighted by atomic mass is 10.3. The number of allylic oxidation sites excluding steroid dienone is 2. The van der Waals surface area contributed by atoms with Crippen LogP contribution in [0.3, 0.4) is 0 Å². The number of hydrogen-bond acceptors (Lipinski definition) is 2. The minimum atomic E-state index is 0.744. The highest BCUT2D eigenvalue weighted by Crippen LogP contribution is 2.08. The van der Waals surface area contributed by atoms with Crippen molar-refractivity contribution in [2.75, 3.05) is 5.32 Å². The van der Waals surface area contributed by atoms with E-state index in [0.717, 1.165) is 17.1 Å². The molecule has 0 amide bonds. The second kappa shape index (κ2) is 4.36. The molecule has 0 aliphatic carbocycles. The molecular formula is C11H14N2. The summed E-state index contributed by atoms with van der Waals surface area (Å²) in [7, 11) is 0. The molecule has 1 aromatic carbocycles. The van der Waals surface area contributed by atoms with Gasteiger partial charge in [-0.05, 0) is 25.1 Å². The molecule has 0 saturated carbocycles. The monoisotopic (exact) mass is 174 g/mol. The van der Waals surface area contributed by atoms with Crippen molar-refractivity contribution in [3.63, 3.8) is 0 Å². The first-order valence-corrected chi connectivity index (χ1v) is 4.13. The number of nitrogens with one attached hydrogen (secondary N) is 1. The highest BCUT2D eigenvalue weighted by molar-refractivity contribution is 5.49. The van der Waals surface area contributed by atoms with Crippen LogP contribution in [0.1, 0.15) is 6.92 Å². The van der Waals surface area contributed by atoms with Crippen molar-refractivity contribution in [1.29, 1.82) is 0 Å². The summed E-state index contributed by atoms with van der Waals surface area (Å²) in [5.41, 5.74) is 8.07. The lowest BCUT2D eigenvalue weighted by molar-refractivity contribution is 1.29. The maximum absolute atomic E-state index is 5.51. The summed E-state index contributed by atoms with van der Waals surface area (Å²) in [5, 5.41) is 3.12. The van der Waals surface area contributed by atoms with Crippen molar-refractivity contribution >= 4 is 5.69 Å². The number of benzene rings is 1. The van der Waals surface area contributed by atoms with E-state index in [1.807, 2.05) is 37.3 Å². The van der Waals surface area contributed by atoms with Gasteiger partial charge in [-0.2, -0.15) is 0 Å². The molecule has 1 aromatic rings. The first kappa shape index (κ1) is 9.39. The molecule has 3 N–H and O–H groups in total. The first-order valence-electron chi connectivity index (χ1n) is 4.13. The summed E-state index contributed by atoms with van der Waals surface area (Å²) >= 11 is 0. The van der Waals surface area contributed by atoms with E-state index in [1.165, 1.54) is 0 Å². The highest BCUT2D eigenvalue weighted by Gasteiger charge is 1.90. The third-order valence-electron chi connectivity index (χ3n) is 1.48. The normalized spacial score (nSPS) is 11.0. The van der Waals surface area contributed by atoms with Crippen LogP contribution in [0.25, 0.3) is 0 Å². The van der Waals surface area contributed by atoms with Crippen LogP contribution in [0, 0.1) is 0 Å². The summed E-state index contributed by atoms with van der Waals surface area (Å²) in [6, 6.07) is 9.86. The smallest absolute Gasteiger partial charge is 0.0384 e. The molecule has 0 fully saturated rings. The number of nitrogens with two attached hydrogens (primary N) is 1. The molecule has 0 unspecified atom stereocenters. The SMILES string of the molecule is C=C(/C=C(\C)N)Nc1ccccc1. The van der Waals surface area contributed by atoms with Gasteiger partial charge < -0.3 is 11.1 Å². The van der Waals surface area contributed by atoms with E-state index >= 15 is 0 Å². The molecule has 68 valence electrons. The number of para-hydroxylation sites is 1. The molecule has 0 radical (unpaired) electrons. The average Bonchev–Trinajstić information content (AvgIpc) is 2.04. The fourth-order valence-corrected chi connectivity index (χ4v) is 1.02. The molecule has 0 aliphatic rings. The standard InChI is InChI=1S/C11H14N2/c1-9(12)8-10(2)13-11-6-4-3-5-7-11/h3-8,13H,2,12H2,1H3/b9-8+. The van der Waals surface area contributed by atoms with Crippen LogP contribution in [0.5, 0.6) is 0 Å². The first-order chi connectivity index (χ1) is 6.18. The molecule has 0 spiro atoms. The highest BCUT2D eigenvalue weighted by atomic mass is 14.9. The molecule has 2 heteroatoms. The van der Waals surface area contributed by atoms with Crippen LogP contribution in [0.15, 0.2) is 54.4 Å². The third-order valence-corrected chi connectivity index (χ3v) is 1.48. The van der Waals surface area contributed by atoms with Gasteiger partial charge in [0.2, 0.25) is 0 Å². The van der Waals surface area contributed by atoms with Crippen molar-refractivity contribution < 1.29 is 0 Å². The summed E-state index contributed by atoms with van der Waals surface area (Å²) in [6.45, 7) is 5.65. The Hall–Kier alpha value is -1.70. The van der Waals surface area contributed by atoms with Crippen LogP contribution in [0.4, 0.5) is 5.69 Å². The van der Waals surface area contributed by atoms with Gasteiger partial charge in [-0.25, -0.2) is 0 Å². The molecule has 0 aromatic heterocycles. The predicted molar refractivity (Wildman–Crippen MR) is 57.1 cm³/mol. The van der Waals surface area contributed by atoms with Crippen LogP contribution < -0.4 is 11.1 Å². The van der Waals surface area contributed by atoms with Crippen molar-refractivity contribution in [1.82, 2.24) is 0 Å². The maximum Gasteiger partial charge on any atom is 0.0384 e. The van der Waals surface area contributed by atoms with E-state index in [9.17, 15) is 0 Å². The molecule has 2 nitrogen and oxygen atoms in total. The van der Waals surface area contributed by atoms with Gasteiger partial charge in [0.25, 0.3) is 0 Å². The Labute approximate surface area is 78.8 Å². The van der Waals surface area contributed by atoms with Crippen LogP contribution in [0.2, 0.25) is 0 Å². The van der Waals surface area contributed by atoms with Gasteiger partial charge >= 0.3 is 0 Å². The molecule has 13 heavy (non-hydrogen) atoms. The van der Waals surface area contributed by atoms with Crippen molar-refractivity contribution in [3.05, 3.63) is 54.4 Å². The lowest BCUT2D eigenvalue weighted by Gasteiger charge is -2.05. The van der Waals surface area contributed by atoms with Gasteiger partial charge in [-0.1, -0.05) is 24.8 Å². The Kier molecular flexibility index (Phi) is 3.15. The molecule has 0 saturated heterocycles. The van der Waals surface area contributed by atoms with E-state index in [0.29, 0.717) is 0 Å². The van der Waals surface area contributed by atoms with Crippen molar-refractivity contribution in [3.8, 4) is 0 Å². The number of anilines is 1. The summed E-state index contributed by atoms with van der Waals surface area (Å²) in [5.74, 6) is 0. The Bertz CT molecular complexity index is 308. The summed E-state index contributed by atoms with van der Waals surface area (Å²) in [6.07, 6.45) is 1.80. The molecule has 0 aliphatic heterocycles. The van der Waals surface area contributed by atoms with Crippen molar-refractivity contribution in [2.45, 2.75) is 6.92 Å². The van der Waals surface area contributed by atoms with E-state index < -0.39 is 0 Å². The van der Waals surface area contributed by atoms with Gasteiger partial charge in [-0.15, -0.1) is 0 Å². The van der Waals surface area contributed by atoms with E-state index in [-0.39, 0.29) is 0 Å². The van der Waals surface area contributed by atoms with Crippen LogP contribution >= 0.6 is 0 Å². The molecule has 0 bridgehead atoms. The van der Waals surface area contributed by atoms with Crippen molar-refractivity contribution in [2.24, 2.45) is 5.73 Å². The van der Waals surface area contributed by atoms with E-state index in [1.54, 1.807) is 6.08 Å². The Morgan fingerprint density at radius 1 is 1.38 bits per heavy atom. The zero-order valence-electron chi connectivity index (χ0n) is 7.75. The minimum Gasteiger partial charge on any atom is -0.402 e. The molecule has 0 atom stereocenters.